The summed E-state index contributed by atoms with van der Waals surface area (Å²) in [6.07, 6.45) is 1.12. The average Bonchev–Trinajstić information content (AvgIpc) is 3.01. The number of hydrogen-bond acceptors (Lipinski definition) is 3. The van der Waals surface area contributed by atoms with Crippen LogP contribution in [0.15, 0.2) is 42.5 Å². The first-order valence-corrected chi connectivity index (χ1v) is 6.74. The standard InChI is InChI=1S/C16H18N2O3/c1-18(16(21)14-8-7-13(11-20)17-14)15(9-10-19)12-5-3-2-4-6-12/h2-8,11,15,17,19H,9-10H2,1H3. The third kappa shape index (κ3) is 3.38. The summed E-state index contributed by atoms with van der Waals surface area (Å²) in [5.74, 6) is -0.217. The van der Waals surface area contributed by atoms with Gasteiger partial charge in [-0.2, -0.15) is 0 Å². The molecule has 5 nitrogen and oxygen atoms in total. The molecule has 2 N–H and O–H groups in total. The number of aliphatic hydroxyl groups excluding tert-OH is 1. The summed E-state index contributed by atoms with van der Waals surface area (Å²) in [6, 6.07) is 12.5. The first-order chi connectivity index (χ1) is 10.2. The van der Waals surface area contributed by atoms with Crippen molar-refractivity contribution in [3.8, 4) is 0 Å². The van der Waals surface area contributed by atoms with Crippen LogP contribution < -0.4 is 0 Å². The molecule has 0 saturated carbocycles. The number of benzene rings is 1. The second-order valence-corrected chi connectivity index (χ2v) is 4.80. The number of aromatic nitrogens is 1. The number of rotatable bonds is 6. The molecule has 0 radical (unpaired) electrons. The molecular weight excluding hydrogens is 268 g/mol. The summed E-state index contributed by atoms with van der Waals surface area (Å²) in [6.45, 7) is -0.0124. The Morgan fingerprint density at radius 2 is 2.00 bits per heavy atom. The van der Waals surface area contributed by atoms with E-state index >= 15 is 0 Å². The zero-order valence-corrected chi connectivity index (χ0v) is 11.8. The molecule has 1 aromatic heterocycles. The average molecular weight is 286 g/mol. The highest BCUT2D eigenvalue weighted by Crippen LogP contribution is 2.24. The van der Waals surface area contributed by atoms with Crippen LogP contribution >= 0.6 is 0 Å². The lowest BCUT2D eigenvalue weighted by Crippen LogP contribution is -2.32. The van der Waals surface area contributed by atoms with E-state index in [4.69, 9.17) is 0 Å². The number of nitrogens with zero attached hydrogens (tertiary/aromatic N) is 1. The van der Waals surface area contributed by atoms with Crippen LogP contribution in [0.1, 0.15) is 39.0 Å². The summed E-state index contributed by atoms with van der Waals surface area (Å²) in [7, 11) is 1.69. The number of aliphatic hydroxyl groups is 1. The van der Waals surface area contributed by atoms with Gasteiger partial charge < -0.3 is 15.0 Å². The molecule has 21 heavy (non-hydrogen) atoms. The Morgan fingerprint density at radius 3 is 2.57 bits per heavy atom. The Morgan fingerprint density at radius 1 is 1.29 bits per heavy atom. The van der Waals surface area contributed by atoms with E-state index in [2.05, 4.69) is 4.98 Å². The van der Waals surface area contributed by atoms with E-state index in [0.717, 1.165) is 5.56 Å². The lowest BCUT2D eigenvalue weighted by atomic mass is 10.0. The zero-order valence-electron chi connectivity index (χ0n) is 11.8. The van der Waals surface area contributed by atoms with Gasteiger partial charge in [0.25, 0.3) is 5.91 Å². The van der Waals surface area contributed by atoms with Crippen LogP contribution in [0.2, 0.25) is 0 Å². The molecule has 1 amide bonds. The first kappa shape index (κ1) is 15.0. The van der Waals surface area contributed by atoms with Gasteiger partial charge in [-0.3, -0.25) is 9.59 Å². The third-order valence-electron chi connectivity index (χ3n) is 3.44. The van der Waals surface area contributed by atoms with Crippen LogP contribution in [0.5, 0.6) is 0 Å². The van der Waals surface area contributed by atoms with Crippen molar-refractivity contribution in [2.75, 3.05) is 13.7 Å². The van der Waals surface area contributed by atoms with Gasteiger partial charge >= 0.3 is 0 Å². The number of amides is 1. The number of hydrogen-bond donors (Lipinski definition) is 2. The van der Waals surface area contributed by atoms with Crippen LogP contribution in [0.4, 0.5) is 0 Å². The number of aromatic amines is 1. The molecule has 1 atom stereocenters. The quantitative estimate of drug-likeness (QED) is 0.798. The Labute approximate surface area is 123 Å². The third-order valence-corrected chi connectivity index (χ3v) is 3.44. The molecule has 0 aliphatic carbocycles. The fourth-order valence-electron chi connectivity index (χ4n) is 2.32. The topological polar surface area (TPSA) is 73.4 Å². The van der Waals surface area contributed by atoms with E-state index in [1.807, 2.05) is 30.3 Å². The van der Waals surface area contributed by atoms with Gasteiger partial charge in [0.2, 0.25) is 0 Å². The maximum atomic E-state index is 12.5. The van der Waals surface area contributed by atoms with Gasteiger partial charge in [0, 0.05) is 13.7 Å². The van der Waals surface area contributed by atoms with Crippen molar-refractivity contribution in [1.29, 1.82) is 0 Å². The van der Waals surface area contributed by atoms with Gasteiger partial charge in [-0.25, -0.2) is 0 Å². The normalized spacial score (nSPS) is 11.9. The highest BCUT2D eigenvalue weighted by atomic mass is 16.3. The molecular formula is C16H18N2O3. The maximum Gasteiger partial charge on any atom is 0.270 e. The molecule has 0 aliphatic heterocycles. The lowest BCUT2D eigenvalue weighted by Gasteiger charge is -2.28. The smallest absolute Gasteiger partial charge is 0.270 e. The van der Waals surface area contributed by atoms with Crippen molar-refractivity contribution >= 4 is 12.2 Å². The van der Waals surface area contributed by atoms with Crippen LogP contribution in [0.25, 0.3) is 0 Å². The highest BCUT2D eigenvalue weighted by molar-refractivity contribution is 5.93. The van der Waals surface area contributed by atoms with E-state index in [9.17, 15) is 14.7 Å². The number of carbonyl (C=O) groups is 2. The van der Waals surface area contributed by atoms with Gasteiger partial charge in [-0.05, 0) is 24.1 Å². The molecule has 2 aromatic rings. The van der Waals surface area contributed by atoms with Crippen molar-refractivity contribution in [3.05, 3.63) is 59.4 Å². The van der Waals surface area contributed by atoms with Crippen molar-refractivity contribution in [3.63, 3.8) is 0 Å². The molecule has 110 valence electrons. The van der Waals surface area contributed by atoms with E-state index in [1.165, 1.54) is 0 Å². The highest BCUT2D eigenvalue weighted by Gasteiger charge is 2.23. The molecule has 1 heterocycles. The SMILES string of the molecule is CN(C(=O)c1ccc(C=O)[nH]1)C(CCO)c1ccccc1. The lowest BCUT2D eigenvalue weighted by molar-refractivity contribution is 0.0700. The minimum atomic E-state index is -0.217. The van der Waals surface area contributed by atoms with E-state index in [0.29, 0.717) is 24.1 Å². The van der Waals surface area contributed by atoms with Gasteiger partial charge in [0.1, 0.15) is 5.69 Å². The van der Waals surface area contributed by atoms with Crippen molar-refractivity contribution in [2.45, 2.75) is 12.5 Å². The Bertz CT molecular complexity index is 607. The first-order valence-electron chi connectivity index (χ1n) is 6.74. The summed E-state index contributed by atoms with van der Waals surface area (Å²) in [5.41, 5.74) is 1.69. The van der Waals surface area contributed by atoms with Crippen LogP contribution in [0.3, 0.4) is 0 Å². The predicted octanol–water partition coefficient (Wildman–Crippen LogP) is 2.02. The zero-order chi connectivity index (χ0) is 15.2. The predicted molar refractivity (Wildman–Crippen MR) is 79.2 cm³/mol. The van der Waals surface area contributed by atoms with Gasteiger partial charge in [0.05, 0.1) is 11.7 Å². The molecule has 0 fully saturated rings. The van der Waals surface area contributed by atoms with E-state index in [1.54, 1.807) is 24.1 Å². The number of nitrogens with one attached hydrogen (secondary N) is 1. The largest absolute Gasteiger partial charge is 0.396 e. The van der Waals surface area contributed by atoms with Gasteiger partial charge in [-0.15, -0.1) is 0 Å². The fraction of sp³-hybridized carbons (Fsp3) is 0.250. The van der Waals surface area contributed by atoms with Crippen LogP contribution in [-0.2, 0) is 0 Å². The molecule has 2 rings (SSSR count). The Kier molecular flexibility index (Phi) is 4.90. The van der Waals surface area contributed by atoms with E-state index < -0.39 is 0 Å². The minimum Gasteiger partial charge on any atom is -0.396 e. The Balaban J connectivity index is 2.23. The fourth-order valence-corrected chi connectivity index (χ4v) is 2.32. The van der Waals surface area contributed by atoms with E-state index in [-0.39, 0.29) is 18.6 Å². The van der Waals surface area contributed by atoms with Gasteiger partial charge in [-0.1, -0.05) is 30.3 Å². The number of H-pyrrole nitrogens is 1. The molecule has 1 aromatic carbocycles. The summed E-state index contributed by atoms with van der Waals surface area (Å²) < 4.78 is 0. The molecule has 5 heteroatoms. The van der Waals surface area contributed by atoms with Crippen molar-refractivity contribution in [2.24, 2.45) is 0 Å². The van der Waals surface area contributed by atoms with Gasteiger partial charge in [0.15, 0.2) is 6.29 Å². The molecule has 0 spiro atoms. The molecule has 1 unspecified atom stereocenters. The number of aldehydes is 1. The minimum absolute atomic E-state index is 0.0124. The summed E-state index contributed by atoms with van der Waals surface area (Å²) in [4.78, 5) is 27.5. The van der Waals surface area contributed by atoms with Crippen molar-refractivity contribution < 1.29 is 14.7 Å². The molecule has 0 bridgehead atoms. The second-order valence-electron chi connectivity index (χ2n) is 4.80. The molecule has 0 saturated heterocycles. The van der Waals surface area contributed by atoms with Crippen LogP contribution in [0, 0.1) is 0 Å². The molecule has 0 aliphatic rings. The van der Waals surface area contributed by atoms with Crippen molar-refractivity contribution in [1.82, 2.24) is 9.88 Å². The number of carbonyl (C=O) groups excluding carboxylic acids is 2. The summed E-state index contributed by atoms with van der Waals surface area (Å²) in [5, 5.41) is 9.25. The van der Waals surface area contributed by atoms with Crippen LogP contribution in [-0.4, -0.2) is 40.8 Å². The Hall–Kier alpha value is -2.40. The second kappa shape index (κ2) is 6.85. The monoisotopic (exact) mass is 286 g/mol. The maximum absolute atomic E-state index is 12.5. The summed E-state index contributed by atoms with van der Waals surface area (Å²) >= 11 is 0.